The van der Waals surface area contributed by atoms with E-state index in [9.17, 15) is 13.2 Å². The van der Waals surface area contributed by atoms with Gasteiger partial charge in [-0.15, -0.1) is 11.6 Å². The molecule has 146 valence electrons. The standard InChI is InChI=1S/C18H27ClN2O4S/c1-18(2,3)25-17(22)20-11-13-21(14-12-20)26(23,24)16-8-6-15(7-9-16)5-4-10-19/h6-9H,4-5,10-14H2,1-3H3. The molecule has 1 saturated heterocycles. The van der Waals surface area contributed by atoms with E-state index in [0.717, 1.165) is 18.4 Å². The van der Waals surface area contributed by atoms with Gasteiger partial charge in [0.2, 0.25) is 10.0 Å². The molecule has 1 heterocycles. The fourth-order valence-corrected chi connectivity index (χ4v) is 4.24. The molecule has 0 unspecified atom stereocenters. The van der Waals surface area contributed by atoms with Crippen molar-refractivity contribution in [3.8, 4) is 0 Å². The number of carbonyl (C=O) groups is 1. The van der Waals surface area contributed by atoms with Crippen LogP contribution < -0.4 is 0 Å². The lowest BCUT2D eigenvalue weighted by atomic mass is 10.1. The first kappa shape index (κ1) is 21.0. The molecule has 0 aliphatic carbocycles. The van der Waals surface area contributed by atoms with Crippen LogP contribution in [0, 0.1) is 0 Å². The fourth-order valence-electron chi connectivity index (χ4n) is 2.69. The van der Waals surface area contributed by atoms with Gasteiger partial charge in [0.1, 0.15) is 5.60 Å². The third-order valence-electron chi connectivity index (χ3n) is 4.05. The van der Waals surface area contributed by atoms with Gasteiger partial charge in [-0.2, -0.15) is 4.31 Å². The molecule has 6 nitrogen and oxygen atoms in total. The minimum atomic E-state index is -3.56. The second-order valence-corrected chi connectivity index (χ2v) is 9.62. The Bertz CT molecular complexity index is 706. The number of hydrogen-bond donors (Lipinski definition) is 0. The minimum Gasteiger partial charge on any atom is -0.444 e. The van der Waals surface area contributed by atoms with Crippen molar-refractivity contribution >= 4 is 27.7 Å². The van der Waals surface area contributed by atoms with E-state index in [1.54, 1.807) is 17.0 Å². The van der Waals surface area contributed by atoms with E-state index in [2.05, 4.69) is 0 Å². The molecule has 0 bridgehead atoms. The summed E-state index contributed by atoms with van der Waals surface area (Å²) in [6, 6.07) is 6.94. The normalized spacial score (nSPS) is 16.5. The van der Waals surface area contributed by atoms with Crippen LogP contribution in [0.15, 0.2) is 29.2 Å². The Morgan fingerprint density at radius 1 is 1.12 bits per heavy atom. The van der Waals surface area contributed by atoms with Crippen LogP contribution in [-0.4, -0.2) is 61.4 Å². The summed E-state index contributed by atoms with van der Waals surface area (Å²) in [5, 5.41) is 0. The van der Waals surface area contributed by atoms with Gasteiger partial charge in [0.25, 0.3) is 0 Å². The first-order valence-electron chi connectivity index (χ1n) is 8.76. The lowest BCUT2D eigenvalue weighted by molar-refractivity contribution is 0.0192. The molecule has 0 saturated carbocycles. The van der Waals surface area contributed by atoms with Gasteiger partial charge in [-0.25, -0.2) is 13.2 Å². The molecule has 26 heavy (non-hydrogen) atoms. The second-order valence-electron chi connectivity index (χ2n) is 7.31. The van der Waals surface area contributed by atoms with E-state index in [1.807, 2.05) is 32.9 Å². The van der Waals surface area contributed by atoms with Gasteiger partial charge in [-0.3, -0.25) is 0 Å². The molecule has 1 aliphatic rings. The Kier molecular flexibility index (Phi) is 6.93. The maximum absolute atomic E-state index is 12.8. The molecule has 0 atom stereocenters. The summed E-state index contributed by atoms with van der Waals surface area (Å²) in [5.74, 6) is 0.585. The van der Waals surface area contributed by atoms with Gasteiger partial charge in [-0.1, -0.05) is 12.1 Å². The van der Waals surface area contributed by atoms with Crippen molar-refractivity contribution in [2.45, 2.75) is 44.1 Å². The minimum absolute atomic E-state index is 0.259. The number of sulfonamides is 1. The number of halogens is 1. The first-order valence-corrected chi connectivity index (χ1v) is 10.7. The fraction of sp³-hybridized carbons (Fsp3) is 0.611. The van der Waals surface area contributed by atoms with Crippen LogP contribution >= 0.6 is 11.6 Å². The molecule has 0 N–H and O–H groups in total. The smallest absolute Gasteiger partial charge is 0.410 e. The molecular weight excluding hydrogens is 376 g/mol. The predicted octanol–water partition coefficient (Wildman–Crippen LogP) is 3.10. The highest BCUT2D eigenvalue weighted by Gasteiger charge is 2.31. The molecule has 1 aromatic carbocycles. The lowest BCUT2D eigenvalue weighted by Gasteiger charge is -2.35. The molecular formula is C18H27ClN2O4S. The lowest BCUT2D eigenvalue weighted by Crippen LogP contribution is -2.51. The molecule has 2 rings (SSSR count). The Hall–Kier alpha value is -1.31. The van der Waals surface area contributed by atoms with Gasteiger partial charge in [0, 0.05) is 32.1 Å². The van der Waals surface area contributed by atoms with Crippen molar-refractivity contribution in [1.82, 2.24) is 9.21 Å². The summed E-state index contributed by atoms with van der Waals surface area (Å²) in [6.45, 7) is 6.59. The van der Waals surface area contributed by atoms with E-state index in [-0.39, 0.29) is 18.0 Å². The number of rotatable bonds is 5. The topological polar surface area (TPSA) is 66.9 Å². The molecule has 1 aliphatic heterocycles. The molecule has 0 radical (unpaired) electrons. The van der Waals surface area contributed by atoms with Gasteiger partial charge in [0.15, 0.2) is 0 Å². The third kappa shape index (κ3) is 5.59. The summed E-state index contributed by atoms with van der Waals surface area (Å²) in [5.41, 5.74) is 0.505. The zero-order valence-electron chi connectivity index (χ0n) is 15.6. The zero-order chi connectivity index (χ0) is 19.4. The second kappa shape index (κ2) is 8.59. The van der Waals surface area contributed by atoms with Gasteiger partial charge < -0.3 is 9.64 Å². The van der Waals surface area contributed by atoms with Gasteiger partial charge in [0.05, 0.1) is 4.90 Å². The number of amides is 1. The summed E-state index contributed by atoms with van der Waals surface area (Å²) in [4.78, 5) is 13.9. The number of alkyl halides is 1. The third-order valence-corrected chi connectivity index (χ3v) is 6.23. The van der Waals surface area contributed by atoms with Crippen molar-refractivity contribution in [2.24, 2.45) is 0 Å². The maximum atomic E-state index is 12.8. The summed E-state index contributed by atoms with van der Waals surface area (Å²) < 4.78 is 32.3. The monoisotopic (exact) mass is 402 g/mol. The Labute approximate surface area is 161 Å². The molecule has 1 amide bonds. The molecule has 8 heteroatoms. The summed E-state index contributed by atoms with van der Waals surface area (Å²) >= 11 is 5.69. The number of nitrogens with zero attached hydrogens (tertiary/aromatic N) is 2. The number of piperazine rings is 1. The quantitative estimate of drug-likeness (QED) is 0.710. The molecule has 1 aromatic rings. The molecule has 1 fully saturated rings. The highest BCUT2D eigenvalue weighted by atomic mass is 35.5. The number of benzene rings is 1. The van der Waals surface area contributed by atoms with Crippen molar-refractivity contribution in [3.05, 3.63) is 29.8 Å². The maximum Gasteiger partial charge on any atom is 0.410 e. The number of carbonyl (C=O) groups excluding carboxylic acids is 1. The highest BCUT2D eigenvalue weighted by molar-refractivity contribution is 7.89. The van der Waals surface area contributed by atoms with Gasteiger partial charge >= 0.3 is 6.09 Å². The van der Waals surface area contributed by atoms with Crippen LogP contribution in [-0.2, 0) is 21.2 Å². The SMILES string of the molecule is CC(C)(C)OC(=O)N1CCN(S(=O)(=O)c2ccc(CCCCl)cc2)CC1. The number of ether oxygens (including phenoxy) is 1. The average molecular weight is 403 g/mol. The van der Waals surface area contributed by atoms with Crippen LogP contribution in [0.2, 0.25) is 0 Å². The van der Waals surface area contributed by atoms with Crippen molar-refractivity contribution in [3.63, 3.8) is 0 Å². The van der Waals surface area contributed by atoms with Crippen LogP contribution in [0.25, 0.3) is 0 Å². The van der Waals surface area contributed by atoms with Crippen LogP contribution in [0.4, 0.5) is 4.79 Å². The van der Waals surface area contributed by atoms with Gasteiger partial charge in [-0.05, 0) is 51.3 Å². The average Bonchev–Trinajstić information content (AvgIpc) is 2.59. The van der Waals surface area contributed by atoms with E-state index in [0.29, 0.717) is 19.0 Å². The Morgan fingerprint density at radius 2 is 1.69 bits per heavy atom. The zero-order valence-corrected chi connectivity index (χ0v) is 17.1. The van der Waals surface area contributed by atoms with Crippen molar-refractivity contribution in [1.29, 1.82) is 0 Å². The summed E-state index contributed by atoms with van der Waals surface area (Å²) in [6.07, 6.45) is 1.29. The first-order chi connectivity index (χ1) is 12.1. The Balaban J connectivity index is 1.98. The van der Waals surface area contributed by atoms with E-state index >= 15 is 0 Å². The van der Waals surface area contributed by atoms with Crippen molar-refractivity contribution < 1.29 is 17.9 Å². The molecule has 0 aromatic heterocycles. The number of aryl methyl sites for hydroxylation is 1. The van der Waals surface area contributed by atoms with Crippen LogP contribution in [0.3, 0.4) is 0 Å². The van der Waals surface area contributed by atoms with E-state index in [4.69, 9.17) is 16.3 Å². The predicted molar refractivity (Wildman–Crippen MR) is 102 cm³/mol. The van der Waals surface area contributed by atoms with Crippen LogP contribution in [0.1, 0.15) is 32.8 Å². The summed E-state index contributed by atoms with van der Waals surface area (Å²) in [7, 11) is -3.56. The highest BCUT2D eigenvalue weighted by Crippen LogP contribution is 2.20. The van der Waals surface area contributed by atoms with Crippen LogP contribution in [0.5, 0.6) is 0 Å². The van der Waals surface area contributed by atoms with Crippen molar-refractivity contribution in [2.75, 3.05) is 32.1 Å². The van der Waals surface area contributed by atoms with E-state index < -0.39 is 21.7 Å². The largest absolute Gasteiger partial charge is 0.444 e. The van der Waals surface area contributed by atoms with E-state index in [1.165, 1.54) is 4.31 Å². The molecule has 0 spiro atoms. The number of hydrogen-bond acceptors (Lipinski definition) is 4. The Morgan fingerprint density at radius 3 is 2.19 bits per heavy atom.